The fourth-order valence-electron chi connectivity index (χ4n) is 2.20. The van der Waals surface area contributed by atoms with Crippen LogP contribution in [0.2, 0.25) is 10.3 Å². The van der Waals surface area contributed by atoms with Gasteiger partial charge in [-0.1, -0.05) is 37.0 Å². The van der Waals surface area contributed by atoms with Crippen molar-refractivity contribution in [2.24, 2.45) is 0 Å². The van der Waals surface area contributed by atoms with Gasteiger partial charge in [0, 0.05) is 11.1 Å². The van der Waals surface area contributed by atoms with Gasteiger partial charge >= 0.3 is 0 Å². The van der Waals surface area contributed by atoms with E-state index in [1.165, 1.54) is 0 Å². The SMILES string of the molecule is CC(C)c1c(Cl)nc(-c2ccc3c(c2)OCCO3)nc1Cl. The fraction of sp³-hybridized carbons (Fsp3) is 0.333. The van der Waals surface area contributed by atoms with E-state index in [-0.39, 0.29) is 5.92 Å². The number of hydrogen-bond acceptors (Lipinski definition) is 4. The molecular weight excluding hydrogens is 311 g/mol. The van der Waals surface area contributed by atoms with Crippen LogP contribution in [0.4, 0.5) is 0 Å². The van der Waals surface area contributed by atoms with Gasteiger partial charge in [0.05, 0.1) is 0 Å². The largest absolute Gasteiger partial charge is 0.486 e. The molecule has 1 aromatic carbocycles. The monoisotopic (exact) mass is 324 g/mol. The van der Waals surface area contributed by atoms with E-state index in [4.69, 9.17) is 32.7 Å². The van der Waals surface area contributed by atoms with Crippen LogP contribution in [-0.4, -0.2) is 23.2 Å². The van der Waals surface area contributed by atoms with E-state index in [0.29, 0.717) is 35.1 Å². The van der Waals surface area contributed by atoms with Gasteiger partial charge in [-0.15, -0.1) is 0 Å². The Morgan fingerprint density at radius 3 is 2.24 bits per heavy atom. The highest BCUT2D eigenvalue weighted by Crippen LogP contribution is 2.35. The molecule has 1 aliphatic rings. The predicted molar refractivity (Wildman–Crippen MR) is 82.6 cm³/mol. The lowest BCUT2D eigenvalue weighted by molar-refractivity contribution is 0.171. The number of aromatic nitrogens is 2. The van der Waals surface area contributed by atoms with E-state index < -0.39 is 0 Å². The lowest BCUT2D eigenvalue weighted by Gasteiger charge is -2.19. The lowest BCUT2D eigenvalue weighted by atomic mass is 10.1. The van der Waals surface area contributed by atoms with Crippen LogP contribution in [0.15, 0.2) is 18.2 Å². The zero-order chi connectivity index (χ0) is 15.0. The molecule has 0 spiro atoms. The average Bonchev–Trinajstić information content (AvgIpc) is 2.45. The normalized spacial score (nSPS) is 13.6. The highest BCUT2D eigenvalue weighted by atomic mass is 35.5. The Morgan fingerprint density at radius 2 is 1.62 bits per heavy atom. The Kier molecular flexibility index (Phi) is 3.91. The van der Waals surface area contributed by atoms with Gasteiger partial charge in [0.2, 0.25) is 0 Å². The summed E-state index contributed by atoms with van der Waals surface area (Å²) in [4.78, 5) is 8.70. The second kappa shape index (κ2) is 5.70. The van der Waals surface area contributed by atoms with Crippen molar-refractivity contribution in [2.75, 3.05) is 13.2 Å². The van der Waals surface area contributed by atoms with E-state index >= 15 is 0 Å². The average molecular weight is 325 g/mol. The van der Waals surface area contributed by atoms with Crippen molar-refractivity contribution in [1.82, 2.24) is 9.97 Å². The smallest absolute Gasteiger partial charge is 0.162 e. The molecule has 0 N–H and O–H groups in total. The van der Waals surface area contributed by atoms with Crippen LogP contribution in [0.25, 0.3) is 11.4 Å². The van der Waals surface area contributed by atoms with E-state index in [0.717, 1.165) is 16.9 Å². The standard InChI is InChI=1S/C15H14Cl2N2O2/c1-8(2)12-13(16)18-15(19-14(12)17)9-3-4-10-11(7-9)21-6-5-20-10/h3-4,7-8H,5-6H2,1-2H3. The molecule has 0 aliphatic carbocycles. The van der Waals surface area contributed by atoms with Crippen molar-refractivity contribution >= 4 is 23.2 Å². The molecule has 0 atom stereocenters. The molecule has 110 valence electrons. The minimum atomic E-state index is 0.166. The number of benzene rings is 1. The van der Waals surface area contributed by atoms with Crippen LogP contribution in [0, 0.1) is 0 Å². The molecule has 6 heteroatoms. The zero-order valence-corrected chi connectivity index (χ0v) is 13.2. The maximum atomic E-state index is 6.23. The van der Waals surface area contributed by atoms with Gasteiger partial charge in [-0.2, -0.15) is 0 Å². The van der Waals surface area contributed by atoms with Gasteiger partial charge in [0.15, 0.2) is 17.3 Å². The molecule has 0 amide bonds. The summed E-state index contributed by atoms with van der Waals surface area (Å²) in [6.45, 7) is 5.09. The first kappa shape index (κ1) is 14.4. The first-order valence-corrected chi connectivity index (χ1v) is 7.45. The van der Waals surface area contributed by atoms with Crippen molar-refractivity contribution in [3.63, 3.8) is 0 Å². The molecule has 2 aromatic rings. The Labute approximate surface area is 133 Å². The molecule has 0 saturated heterocycles. The number of ether oxygens (including phenoxy) is 2. The molecule has 0 bridgehead atoms. The second-order valence-corrected chi connectivity index (χ2v) is 5.77. The van der Waals surface area contributed by atoms with Crippen molar-refractivity contribution < 1.29 is 9.47 Å². The van der Waals surface area contributed by atoms with Crippen LogP contribution >= 0.6 is 23.2 Å². The Bertz CT molecular complexity index is 666. The van der Waals surface area contributed by atoms with Crippen LogP contribution in [0.3, 0.4) is 0 Å². The van der Waals surface area contributed by atoms with Gasteiger partial charge in [0.25, 0.3) is 0 Å². The Balaban J connectivity index is 2.05. The fourth-order valence-corrected chi connectivity index (χ4v) is 3.03. The molecule has 0 saturated carbocycles. The third kappa shape index (κ3) is 2.78. The first-order chi connectivity index (χ1) is 10.1. The van der Waals surface area contributed by atoms with Crippen LogP contribution in [0.5, 0.6) is 11.5 Å². The molecular formula is C15H14Cl2N2O2. The molecule has 0 unspecified atom stereocenters. The summed E-state index contributed by atoms with van der Waals surface area (Å²) >= 11 is 12.5. The summed E-state index contributed by atoms with van der Waals surface area (Å²) in [7, 11) is 0. The lowest BCUT2D eigenvalue weighted by Crippen LogP contribution is -2.15. The van der Waals surface area contributed by atoms with Gasteiger partial charge in [-0.3, -0.25) is 0 Å². The number of halogens is 2. The highest BCUT2D eigenvalue weighted by molar-refractivity contribution is 6.34. The third-order valence-electron chi connectivity index (χ3n) is 3.23. The molecule has 21 heavy (non-hydrogen) atoms. The third-order valence-corrected chi connectivity index (χ3v) is 3.81. The molecule has 4 nitrogen and oxygen atoms in total. The highest BCUT2D eigenvalue weighted by Gasteiger charge is 2.18. The van der Waals surface area contributed by atoms with Gasteiger partial charge in [0.1, 0.15) is 23.5 Å². The first-order valence-electron chi connectivity index (χ1n) is 6.69. The number of nitrogens with zero attached hydrogens (tertiary/aromatic N) is 2. The van der Waals surface area contributed by atoms with Crippen LogP contribution in [0.1, 0.15) is 25.3 Å². The number of hydrogen-bond donors (Lipinski definition) is 0. The molecule has 1 aliphatic heterocycles. The number of fused-ring (bicyclic) bond motifs is 1. The van der Waals surface area contributed by atoms with E-state index in [1.54, 1.807) is 0 Å². The van der Waals surface area contributed by atoms with E-state index in [9.17, 15) is 0 Å². The Hall–Kier alpha value is -1.52. The molecule has 0 fully saturated rings. The van der Waals surface area contributed by atoms with Gasteiger partial charge in [-0.25, -0.2) is 9.97 Å². The quantitative estimate of drug-likeness (QED) is 0.770. The molecule has 2 heterocycles. The van der Waals surface area contributed by atoms with Crippen LogP contribution < -0.4 is 9.47 Å². The van der Waals surface area contributed by atoms with Gasteiger partial charge < -0.3 is 9.47 Å². The van der Waals surface area contributed by atoms with E-state index in [2.05, 4.69) is 9.97 Å². The number of rotatable bonds is 2. The summed E-state index contributed by atoms with van der Waals surface area (Å²) in [5.41, 5.74) is 1.55. The summed E-state index contributed by atoms with van der Waals surface area (Å²) in [6.07, 6.45) is 0. The molecule has 1 aromatic heterocycles. The molecule has 3 rings (SSSR count). The van der Waals surface area contributed by atoms with Crippen molar-refractivity contribution in [3.8, 4) is 22.9 Å². The van der Waals surface area contributed by atoms with Crippen molar-refractivity contribution in [3.05, 3.63) is 34.1 Å². The zero-order valence-electron chi connectivity index (χ0n) is 11.7. The molecule has 0 radical (unpaired) electrons. The van der Waals surface area contributed by atoms with Crippen molar-refractivity contribution in [1.29, 1.82) is 0 Å². The topological polar surface area (TPSA) is 44.2 Å². The minimum Gasteiger partial charge on any atom is -0.486 e. The van der Waals surface area contributed by atoms with Crippen LogP contribution in [-0.2, 0) is 0 Å². The van der Waals surface area contributed by atoms with Crippen molar-refractivity contribution in [2.45, 2.75) is 19.8 Å². The maximum Gasteiger partial charge on any atom is 0.162 e. The minimum absolute atomic E-state index is 0.166. The summed E-state index contributed by atoms with van der Waals surface area (Å²) in [6, 6.07) is 5.54. The summed E-state index contributed by atoms with van der Waals surface area (Å²) in [5.74, 6) is 2.05. The summed E-state index contributed by atoms with van der Waals surface area (Å²) in [5, 5.41) is 0.768. The van der Waals surface area contributed by atoms with Gasteiger partial charge in [-0.05, 0) is 24.1 Å². The second-order valence-electron chi connectivity index (χ2n) is 5.06. The Morgan fingerprint density at radius 1 is 1.00 bits per heavy atom. The van der Waals surface area contributed by atoms with E-state index in [1.807, 2.05) is 32.0 Å². The predicted octanol–water partition coefficient (Wildman–Crippen LogP) is 4.35. The maximum absolute atomic E-state index is 6.23. The summed E-state index contributed by atoms with van der Waals surface area (Å²) < 4.78 is 11.1.